The van der Waals surface area contributed by atoms with Crippen molar-refractivity contribution in [2.24, 2.45) is 23.7 Å². The van der Waals surface area contributed by atoms with E-state index in [1.54, 1.807) is 45.2 Å². The molecular formula is C20H13F6I2O10S-. The lowest BCUT2D eigenvalue weighted by atomic mass is 9.78. The topological polar surface area (TPSA) is 156 Å². The maximum Gasteiger partial charge on any atom is 0.438 e. The lowest BCUT2D eigenvalue weighted by molar-refractivity contribution is -0.362. The minimum absolute atomic E-state index is 0.0504. The monoisotopic (exact) mass is 813 g/mol. The third-order valence-corrected chi connectivity index (χ3v) is 9.32. The van der Waals surface area contributed by atoms with Gasteiger partial charge in [0.2, 0.25) is 0 Å². The van der Waals surface area contributed by atoms with Gasteiger partial charge in [-0.1, -0.05) is 0 Å². The van der Waals surface area contributed by atoms with Crippen molar-refractivity contribution in [3.63, 3.8) is 0 Å². The first-order valence-corrected chi connectivity index (χ1v) is 14.3. The number of carbonyl (C=O) groups excluding carboxylic acids is 3. The van der Waals surface area contributed by atoms with Crippen LogP contribution < -0.4 is 0 Å². The smallest absolute Gasteiger partial charge is 0.438 e. The minimum atomic E-state index is -6.59. The summed E-state index contributed by atoms with van der Waals surface area (Å²) in [6.45, 7) is 0. The molecule has 0 radical (unpaired) electrons. The normalized spacial score (nSPS) is 28.4. The van der Waals surface area contributed by atoms with Gasteiger partial charge in [-0.3, -0.25) is 9.59 Å². The van der Waals surface area contributed by atoms with Crippen molar-refractivity contribution < 1.29 is 73.0 Å². The fourth-order valence-electron chi connectivity index (χ4n) is 5.36. The second kappa shape index (κ2) is 9.74. The Morgan fingerprint density at radius 2 is 1.62 bits per heavy atom. The molecule has 0 aromatic heterocycles. The molecule has 2 saturated carbocycles. The number of fused-ring (bicyclic) bond motifs is 1. The summed E-state index contributed by atoms with van der Waals surface area (Å²) in [4.78, 5) is 38.3. The summed E-state index contributed by atoms with van der Waals surface area (Å²) in [6.07, 6.45) is -16.0. The average Bonchev–Trinajstić information content (AvgIpc) is 3.33. The van der Waals surface area contributed by atoms with Gasteiger partial charge in [0, 0.05) is 19.0 Å². The molecule has 0 amide bonds. The summed E-state index contributed by atoms with van der Waals surface area (Å²) in [6, 6.07) is 2.42. The third kappa shape index (κ3) is 5.15. The maximum atomic E-state index is 13.7. The molecule has 1 heterocycles. The Bertz CT molecular complexity index is 1310. The van der Waals surface area contributed by atoms with Gasteiger partial charge in [0.25, 0.3) is 0 Å². The number of aromatic hydroxyl groups is 1. The van der Waals surface area contributed by atoms with Gasteiger partial charge in [-0.2, -0.15) is 26.3 Å². The van der Waals surface area contributed by atoms with E-state index < -0.39 is 87.6 Å². The molecule has 4 rings (SSSR count). The molecule has 1 saturated heterocycles. The van der Waals surface area contributed by atoms with E-state index in [4.69, 9.17) is 9.47 Å². The molecule has 216 valence electrons. The Morgan fingerprint density at radius 1 is 1.08 bits per heavy atom. The van der Waals surface area contributed by atoms with E-state index in [-0.39, 0.29) is 24.9 Å². The highest BCUT2D eigenvalue weighted by molar-refractivity contribution is 14.1. The van der Waals surface area contributed by atoms with Crippen molar-refractivity contribution in [2.45, 2.75) is 36.6 Å². The highest BCUT2D eigenvalue weighted by atomic mass is 127. The number of ether oxygens (including phenoxy) is 3. The maximum absolute atomic E-state index is 13.7. The molecule has 19 heteroatoms. The molecule has 3 aliphatic rings. The van der Waals surface area contributed by atoms with Crippen molar-refractivity contribution in [1.29, 1.82) is 0 Å². The van der Waals surface area contributed by atoms with Gasteiger partial charge < -0.3 is 23.9 Å². The Hall–Kier alpha value is -1.62. The zero-order valence-electron chi connectivity index (χ0n) is 18.6. The molecule has 1 N–H and O–H groups in total. The van der Waals surface area contributed by atoms with Crippen molar-refractivity contribution in [1.82, 2.24) is 0 Å². The van der Waals surface area contributed by atoms with Crippen LogP contribution in [0.2, 0.25) is 0 Å². The Kier molecular flexibility index (Phi) is 7.58. The van der Waals surface area contributed by atoms with E-state index in [1.165, 1.54) is 12.1 Å². The predicted molar refractivity (Wildman–Crippen MR) is 127 cm³/mol. The predicted octanol–water partition coefficient (Wildman–Crippen LogP) is 2.89. The van der Waals surface area contributed by atoms with Crippen LogP contribution in [0.25, 0.3) is 0 Å². The Labute approximate surface area is 241 Å². The quantitative estimate of drug-likeness (QED) is 0.149. The highest BCUT2D eigenvalue weighted by Crippen LogP contribution is 2.60. The second-order valence-electron chi connectivity index (χ2n) is 9.12. The lowest BCUT2D eigenvalue weighted by Gasteiger charge is -2.39. The molecule has 1 aliphatic heterocycles. The molecule has 3 fully saturated rings. The van der Waals surface area contributed by atoms with E-state index in [9.17, 15) is 58.8 Å². The average molecular weight is 813 g/mol. The zero-order valence-corrected chi connectivity index (χ0v) is 23.7. The fourth-order valence-corrected chi connectivity index (χ4v) is 8.42. The number of benzene rings is 1. The zero-order chi connectivity index (χ0) is 29.5. The van der Waals surface area contributed by atoms with Crippen molar-refractivity contribution >= 4 is 73.2 Å². The summed E-state index contributed by atoms with van der Waals surface area (Å²) in [5.74, 6) is -13.6. The molecule has 6 unspecified atom stereocenters. The van der Waals surface area contributed by atoms with Gasteiger partial charge in [-0.25, -0.2) is 13.2 Å². The van der Waals surface area contributed by atoms with Gasteiger partial charge in [-0.05, 0) is 63.7 Å². The highest BCUT2D eigenvalue weighted by Gasteiger charge is 2.77. The number of hydrogen-bond acceptors (Lipinski definition) is 10. The molecule has 39 heavy (non-hydrogen) atoms. The van der Waals surface area contributed by atoms with Gasteiger partial charge in [-0.15, -0.1) is 0 Å². The number of carbonyl (C=O) groups is 3. The van der Waals surface area contributed by atoms with Crippen LogP contribution in [0.5, 0.6) is 5.75 Å². The van der Waals surface area contributed by atoms with Crippen LogP contribution in [0.15, 0.2) is 12.1 Å². The summed E-state index contributed by atoms with van der Waals surface area (Å²) in [7, 11) is -6.27. The van der Waals surface area contributed by atoms with Gasteiger partial charge in [0.1, 0.15) is 18.0 Å². The Balaban J connectivity index is 1.68. The first-order valence-electron chi connectivity index (χ1n) is 10.6. The van der Waals surface area contributed by atoms with E-state index in [1.807, 2.05) is 0 Å². The lowest BCUT2D eigenvalue weighted by Crippen LogP contribution is -2.64. The number of hydrogen-bond donors (Lipinski definition) is 1. The summed E-state index contributed by atoms with van der Waals surface area (Å²) < 4.78 is 130. The summed E-state index contributed by atoms with van der Waals surface area (Å²) >= 11 is 3.41. The molecule has 2 aliphatic carbocycles. The SMILES string of the molecule is O=C(OC1C2CC3C1OC(=O)C3C2C(=O)OC(CS(=O)(=O)[O-])(C(F)(F)F)C(F)(F)F)c1c(I)cc(O)cc1I. The molecular weight excluding hydrogens is 800 g/mol. The number of phenols is 1. The van der Waals surface area contributed by atoms with Crippen LogP contribution in [0.3, 0.4) is 0 Å². The first kappa shape index (κ1) is 30.3. The number of rotatable bonds is 6. The summed E-state index contributed by atoms with van der Waals surface area (Å²) in [5.41, 5.74) is -5.77. The van der Waals surface area contributed by atoms with Gasteiger partial charge >= 0.3 is 35.9 Å². The van der Waals surface area contributed by atoms with Gasteiger partial charge in [0.05, 0.1) is 33.3 Å². The fraction of sp³-hybridized carbons (Fsp3) is 0.550. The number of alkyl halides is 6. The number of phenolic OH excluding ortho intramolecular Hbond substituents is 1. The molecule has 6 atom stereocenters. The summed E-state index contributed by atoms with van der Waals surface area (Å²) in [5, 5.41) is 9.67. The van der Waals surface area contributed by atoms with Crippen LogP contribution in [0.4, 0.5) is 26.3 Å². The largest absolute Gasteiger partial charge is 0.748 e. The molecule has 1 aromatic carbocycles. The molecule has 10 nitrogen and oxygen atoms in total. The van der Waals surface area contributed by atoms with Crippen LogP contribution in [0, 0.1) is 30.8 Å². The number of halogens is 8. The van der Waals surface area contributed by atoms with Crippen LogP contribution in [-0.4, -0.2) is 71.9 Å². The van der Waals surface area contributed by atoms with Crippen LogP contribution in [0.1, 0.15) is 16.8 Å². The second-order valence-corrected chi connectivity index (χ2v) is 12.8. The Morgan fingerprint density at radius 3 is 2.10 bits per heavy atom. The molecule has 1 aromatic rings. The number of esters is 3. The van der Waals surface area contributed by atoms with E-state index in [2.05, 4.69) is 4.74 Å². The standard InChI is InChI=1S/C20H14F6I2O10S/c21-19(22,23)18(20(24,25)26,4-39(33,34)35)38-17(32)11-7-3-6-10(11)15(30)36-13(6)14(7)37-16(31)12-8(27)1-5(29)2-9(12)28/h1-2,6-7,10-11,13-14,29H,3-4H2,(H,33,34,35)/p-1. The first-order chi connectivity index (χ1) is 17.7. The molecule has 2 bridgehead atoms. The third-order valence-electron chi connectivity index (χ3n) is 6.86. The van der Waals surface area contributed by atoms with E-state index >= 15 is 0 Å². The van der Waals surface area contributed by atoms with Crippen LogP contribution in [-0.2, 0) is 33.9 Å². The molecule has 0 spiro atoms. The van der Waals surface area contributed by atoms with Crippen LogP contribution >= 0.6 is 45.2 Å². The van der Waals surface area contributed by atoms with Crippen molar-refractivity contribution in [2.75, 3.05) is 5.75 Å². The van der Waals surface area contributed by atoms with E-state index in [0.29, 0.717) is 0 Å². The minimum Gasteiger partial charge on any atom is -0.748 e. The van der Waals surface area contributed by atoms with Gasteiger partial charge in [0.15, 0.2) is 0 Å². The van der Waals surface area contributed by atoms with E-state index in [0.717, 1.165) is 0 Å². The van der Waals surface area contributed by atoms with Crippen molar-refractivity contribution in [3.05, 3.63) is 24.8 Å². The van der Waals surface area contributed by atoms with Crippen molar-refractivity contribution in [3.8, 4) is 5.75 Å².